The Balaban J connectivity index is 1.60. The summed E-state index contributed by atoms with van der Waals surface area (Å²) in [6.07, 6.45) is -0.852. The van der Waals surface area contributed by atoms with E-state index in [1.807, 2.05) is 49.5 Å². The molecule has 1 fully saturated rings. The molecule has 2 aromatic carbocycles. The Bertz CT molecular complexity index is 803. The molecule has 0 spiro atoms. The van der Waals surface area contributed by atoms with E-state index in [-0.39, 0.29) is 5.91 Å². The summed E-state index contributed by atoms with van der Waals surface area (Å²) in [7, 11) is 2.02. The van der Waals surface area contributed by atoms with Crippen molar-refractivity contribution >= 4 is 17.7 Å². The monoisotopic (exact) mass is 396 g/mol. The highest BCUT2D eigenvalue weighted by Gasteiger charge is 2.28. The highest BCUT2D eigenvalue weighted by Crippen LogP contribution is 2.14. The first kappa shape index (κ1) is 20.7. The zero-order valence-electron chi connectivity index (χ0n) is 16.7. The number of likely N-dealkylation sites (N-methyl/N-ethyl adjacent to an activating group) is 1. The molecule has 7 heteroatoms. The fourth-order valence-corrected chi connectivity index (χ4v) is 3.39. The van der Waals surface area contributed by atoms with Gasteiger partial charge in [0, 0.05) is 44.8 Å². The standard InChI is InChI=1S/C22H28N4O3/c1-25-11-13-26(14-12-25)21(27)20(24-22(28)29)15-17-7-9-19(10-8-17)23-16-18-5-3-2-4-6-18/h2-10,20,23-24H,11-16H2,1H3,(H,28,29)/t20-/m1/s1. The van der Waals surface area contributed by atoms with Gasteiger partial charge in [0.15, 0.2) is 0 Å². The second kappa shape index (κ2) is 9.93. The molecule has 0 bridgehead atoms. The third-order valence-electron chi connectivity index (χ3n) is 5.14. The second-order valence-corrected chi connectivity index (χ2v) is 7.37. The van der Waals surface area contributed by atoms with Gasteiger partial charge in [-0.05, 0) is 30.3 Å². The Hall–Kier alpha value is -3.06. The maximum absolute atomic E-state index is 12.8. The predicted octanol–water partition coefficient (Wildman–Crippen LogP) is 2.25. The molecular formula is C22H28N4O3. The molecule has 3 N–H and O–H groups in total. The number of rotatable bonds is 7. The molecule has 0 saturated carbocycles. The van der Waals surface area contributed by atoms with Gasteiger partial charge in [-0.2, -0.15) is 0 Å². The lowest BCUT2D eigenvalue weighted by Gasteiger charge is -2.34. The number of amides is 2. The molecule has 0 aliphatic carbocycles. The van der Waals surface area contributed by atoms with E-state index in [0.717, 1.165) is 30.9 Å². The lowest BCUT2D eigenvalue weighted by Crippen LogP contribution is -2.54. The summed E-state index contributed by atoms with van der Waals surface area (Å²) in [4.78, 5) is 28.0. The SMILES string of the molecule is CN1CCN(C(=O)[C@@H](Cc2ccc(NCc3ccccc3)cc2)NC(=O)O)CC1. The highest BCUT2D eigenvalue weighted by molar-refractivity contribution is 5.85. The maximum Gasteiger partial charge on any atom is 0.405 e. The molecule has 7 nitrogen and oxygen atoms in total. The molecule has 29 heavy (non-hydrogen) atoms. The zero-order chi connectivity index (χ0) is 20.6. The number of benzene rings is 2. The third kappa shape index (κ3) is 6.22. The Labute approximate surface area is 171 Å². The van der Waals surface area contributed by atoms with Gasteiger partial charge in [-0.25, -0.2) is 4.79 Å². The number of nitrogens with zero attached hydrogens (tertiary/aromatic N) is 2. The smallest absolute Gasteiger partial charge is 0.405 e. The highest BCUT2D eigenvalue weighted by atomic mass is 16.4. The van der Waals surface area contributed by atoms with Gasteiger partial charge < -0.3 is 25.5 Å². The first-order valence-electron chi connectivity index (χ1n) is 9.85. The van der Waals surface area contributed by atoms with Crippen LogP contribution in [0.3, 0.4) is 0 Å². The maximum atomic E-state index is 12.8. The molecule has 0 aromatic heterocycles. The van der Waals surface area contributed by atoms with Gasteiger partial charge in [0.2, 0.25) is 5.91 Å². The normalized spacial score (nSPS) is 15.6. The van der Waals surface area contributed by atoms with Gasteiger partial charge in [0.1, 0.15) is 6.04 Å². The molecule has 0 unspecified atom stereocenters. The Morgan fingerprint density at radius 3 is 2.24 bits per heavy atom. The van der Waals surface area contributed by atoms with E-state index in [0.29, 0.717) is 19.5 Å². The number of carbonyl (C=O) groups excluding carboxylic acids is 1. The van der Waals surface area contributed by atoms with Gasteiger partial charge in [-0.1, -0.05) is 42.5 Å². The number of carbonyl (C=O) groups is 2. The zero-order valence-corrected chi connectivity index (χ0v) is 16.7. The largest absolute Gasteiger partial charge is 0.465 e. The van der Waals surface area contributed by atoms with Crippen LogP contribution < -0.4 is 10.6 Å². The van der Waals surface area contributed by atoms with Gasteiger partial charge in [-0.3, -0.25) is 4.79 Å². The fourth-order valence-electron chi connectivity index (χ4n) is 3.39. The Kier molecular flexibility index (Phi) is 7.08. The molecule has 0 radical (unpaired) electrons. The van der Waals surface area contributed by atoms with Crippen molar-refractivity contribution in [3.63, 3.8) is 0 Å². The van der Waals surface area contributed by atoms with Crippen molar-refractivity contribution in [2.24, 2.45) is 0 Å². The van der Waals surface area contributed by atoms with Crippen molar-refractivity contribution in [1.82, 2.24) is 15.1 Å². The molecule has 3 rings (SSSR count). The number of hydrogen-bond acceptors (Lipinski definition) is 4. The van der Waals surface area contributed by atoms with Crippen molar-refractivity contribution in [1.29, 1.82) is 0 Å². The first-order valence-corrected chi connectivity index (χ1v) is 9.85. The van der Waals surface area contributed by atoms with Gasteiger partial charge in [0.25, 0.3) is 0 Å². The van der Waals surface area contributed by atoms with Crippen LogP contribution in [0.15, 0.2) is 54.6 Å². The average Bonchev–Trinajstić information content (AvgIpc) is 2.73. The summed E-state index contributed by atoms with van der Waals surface area (Å²) < 4.78 is 0. The molecule has 2 amide bonds. The summed E-state index contributed by atoms with van der Waals surface area (Å²) in [5.74, 6) is -0.160. The van der Waals surface area contributed by atoms with E-state index < -0.39 is 12.1 Å². The fraction of sp³-hybridized carbons (Fsp3) is 0.364. The molecule has 154 valence electrons. The van der Waals surface area contributed by atoms with E-state index in [1.165, 1.54) is 5.56 Å². The lowest BCUT2D eigenvalue weighted by atomic mass is 10.0. The van der Waals surface area contributed by atoms with Gasteiger partial charge >= 0.3 is 6.09 Å². The first-order chi connectivity index (χ1) is 14.0. The quantitative estimate of drug-likeness (QED) is 0.669. The van der Waals surface area contributed by atoms with Crippen LogP contribution in [0.2, 0.25) is 0 Å². The summed E-state index contributed by atoms with van der Waals surface area (Å²) in [6.45, 7) is 3.57. The summed E-state index contributed by atoms with van der Waals surface area (Å²) in [5, 5.41) is 14.9. The third-order valence-corrected chi connectivity index (χ3v) is 5.14. The lowest BCUT2D eigenvalue weighted by molar-refractivity contribution is -0.134. The number of carboxylic acid groups (broad SMARTS) is 1. The van der Waals surface area contributed by atoms with Crippen LogP contribution in [0, 0.1) is 0 Å². The number of piperazine rings is 1. The Morgan fingerprint density at radius 2 is 1.62 bits per heavy atom. The molecule has 1 saturated heterocycles. The van der Waals surface area contributed by atoms with Gasteiger partial charge in [-0.15, -0.1) is 0 Å². The number of nitrogens with one attached hydrogen (secondary N) is 2. The van der Waals surface area contributed by atoms with Crippen LogP contribution in [-0.4, -0.2) is 66.2 Å². The summed E-state index contributed by atoms with van der Waals surface area (Å²) in [6, 6.07) is 17.1. The van der Waals surface area contributed by atoms with Crippen LogP contribution >= 0.6 is 0 Å². The van der Waals surface area contributed by atoms with Crippen LogP contribution in [0.5, 0.6) is 0 Å². The predicted molar refractivity (Wildman–Crippen MR) is 113 cm³/mol. The van der Waals surface area contributed by atoms with E-state index in [4.69, 9.17) is 0 Å². The van der Waals surface area contributed by atoms with Gasteiger partial charge in [0.05, 0.1) is 0 Å². The Morgan fingerprint density at radius 1 is 0.966 bits per heavy atom. The molecule has 1 atom stereocenters. The van der Waals surface area contributed by atoms with Crippen LogP contribution in [-0.2, 0) is 17.8 Å². The minimum atomic E-state index is -1.18. The number of anilines is 1. The number of hydrogen-bond donors (Lipinski definition) is 3. The summed E-state index contributed by atoms with van der Waals surface area (Å²) >= 11 is 0. The van der Waals surface area contributed by atoms with Crippen LogP contribution in [0.4, 0.5) is 10.5 Å². The topological polar surface area (TPSA) is 84.9 Å². The van der Waals surface area contributed by atoms with E-state index >= 15 is 0 Å². The molecular weight excluding hydrogens is 368 g/mol. The minimum Gasteiger partial charge on any atom is -0.465 e. The second-order valence-electron chi connectivity index (χ2n) is 7.37. The van der Waals surface area contributed by atoms with Crippen molar-refractivity contribution in [2.45, 2.75) is 19.0 Å². The van der Waals surface area contributed by atoms with E-state index in [9.17, 15) is 14.7 Å². The minimum absolute atomic E-state index is 0.160. The van der Waals surface area contributed by atoms with Crippen molar-refractivity contribution in [2.75, 3.05) is 38.5 Å². The van der Waals surface area contributed by atoms with Crippen molar-refractivity contribution < 1.29 is 14.7 Å². The molecule has 1 heterocycles. The van der Waals surface area contributed by atoms with Crippen LogP contribution in [0.1, 0.15) is 11.1 Å². The van der Waals surface area contributed by atoms with Crippen LogP contribution in [0.25, 0.3) is 0 Å². The molecule has 2 aromatic rings. The molecule has 1 aliphatic heterocycles. The van der Waals surface area contributed by atoms with Crippen molar-refractivity contribution in [3.05, 3.63) is 65.7 Å². The molecule has 1 aliphatic rings. The van der Waals surface area contributed by atoms with Crippen molar-refractivity contribution in [3.8, 4) is 0 Å². The van der Waals surface area contributed by atoms with E-state index in [1.54, 1.807) is 4.90 Å². The van der Waals surface area contributed by atoms with E-state index in [2.05, 4.69) is 27.7 Å². The summed E-state index contributed by atoms with van der Waals surface area (Å²) in [5.41, 5.74) is 3.09. The average molecular weight is 396 g/mol.